The number of nitrogens with zero attached hydrogens (tertiary/aromatic N) is 3. The lowest BCUT2D eigenvalue weighted by Gasteiger charge is -2.27. The highest BCUT2D eigenvalue weighted by atomic mass is 19.4. The van der Waals surface area contributed by atoms with Gasteiger partial charge >= 0.3 is 12.1 Å². The van der Waals surface area contributed by atoms with Crippen LogP contribution in [-0.4, -0.2) is 45.0 Å². The van der Waals surface area contributed by atoms with E-state index in [4.69, 9.17) is 5.11 Å². The first-order valence-electron chi connectivity index (χ1n) is 6.75. The molecule has 1 aromatic rings. The topological polar surface area (TPSA) is 58.4 Å². The third kappa shape index (κ3) is 2.76. The summed E-state index contributed by atoms with van der Waals surface area (Å²) < 4.78 is 41.0. The van der Waals surface area contributed by atoms with Crippen molar-refractivity contribution in [2.75, 3.05) is 13.1 Å². The molecule has 1 N–H and O–H groups in total. The summed E-state index contributed by atoms with van der Waals surface area (Å²) in [6.07, 6.45) is -5.15. The number of aryl methyl sites for hydroxylation is 2. The average Bonchev–Trinajstić information content (AvgIpc) is 2.93. The Morgan fingerprint density at radius 2 is 2.19 bits per heavy atom. The van der Waals surface area contributed by atoms with Gasteiger partial charge in [0.25, 0.3) is 0 Å². The van der Waals surface area contributed by atoms with Crippen LogP contribution < -0.4 is 0 Å². The van der Waals surface area contributed by atoms with Gasteiger partial charge in [-0.25, -0.2) is 0 Å². The van der Waals surface area contributed by atoms with Gasteiger partial charge in [0.1, 0.15) is 0 Å². The highest BCUT2D eigenvalue weighted by Gasteiger charge is 2.63. The number of halogens is 3. The fourth-order valence-electron chi connectivity index (χ4n) is 2.78. The second-order valence-electron chi connectivity index (χ2n) is 5.44. The predicted octanol–water partition coefficient (Wildman–Crippen LogP) is 2.05. The van der Waals surface area contributed by atoms with Gasteiger partial charge < -0.3 is 5.11 Å². The molecule has 1 atom stereocenters. The van der Waals surface area contributed by atoms with Crippen LogP contribution in [0.2, 0.25) is 0 Å². The number of hydrogen-bond donors (Lipinski definition) is 1. The highest BCUT2D eigenvalue weighted by Crippen LogP contribution is 2.45. The maximum Gasteiger partial charge on any atom is 0.406 e. The van der Waals surface area contributed by atoms with E-state index in [2.05, 4.69) is 5.10 Å². The van der Waals surface area contributed by atoms with Gasteiger partial charge in [0, 0.05) is 26.2 Å². The fourth-order valence-corrected chi connectivity index (χ4v) is 2.78. The molecule has 1 aromatic heterocycles. The van der Waals surface area contributed by atoms with Crippen LogP contribution >= 0.6 is 0 Å². The van der Waals surface area contributed by atoms with E-state index in [1.807, 2.05) is 19.9 Å². The lowest BCUT2D eigenvalue weighted by atomic mass is 9.86. The van der Waals surface area contributed by atoms with E-state index in [9.17, 15) is 18.0 Å². The second kappa shape index (κ2) is 5.32. The van der Waals surface area contributed by atoms with E-state index in [1.54, 1.807) is 4.68 Å². The number of likely N-dealkylation sites (tertiary alicyclic amines) is 1. The first kappa shape index (κ1) is 15.8. The number of carboxylic acids is 1. The Morgan fingerprint density at radius 1 is 1.52 bits per heavy atom. The molecule has 0 bridgehead atoms. The smallest absolute Gasteiger partial charge is 0.406 e. The Morgan fingerprint density at radius 3 is 2.67 bits per heavy atom. The number of alkyl halides is 3. The van der Waals surface area contributed by atoms with Crippen LogP contribution in [0.5, 0.6) is 0 Å². The molecule has 21 heavy (non-hydrogen) atoms. The van der Waals surface area contributed by atoms with Gasteiger partial charge in [-0.05, 0) is 26.3 Å². The molecule has 1 aliphatic rings. The predicted molar refractivity (Wildman–Crippen MR) is 68.7 cm³/mol. The monoisotopic (exact) mass is 305 g/mol. The third-order valence-electron chi connectivity index (χ3n) is 3.97. The summed E-state index contributed by atoms with van der Waals surface area (Å²) in [6, 6.07) is 1.82. The number of hydrogen-bond acceptors (Lipinski definition) is 3. The molecule has 1 fully saturated rings. The van der Waals surface area contributed by atoms with E-state index in [-0.39, 0.29) is 13.1 Å². The SMILES string of the molecule is CCn1nc(C)cc1CN1CCC(C(=O)O)(C(F)(F)F)C1. The summed E-state index contributed by atoms with van der Waals surface area (Å²) >= 11 is 0. The van der Waals surface area contributed by atoms with Crippen LogP contribution in [0, 0.1) is 12.3 Å². The van der Waals surface area contributed by atoms with Gasteiger partial charge in [-0.2, -0.15) is 18.3 Å². The van der Waals surface area contributed by atoms with Gasteiger partial charge in [0.2, 0.25) is 0 Å². The van der Waals surface area contributed by atoms with E-state index < -0.39 is 30.5 Å². The maximum absolute atomic E-state index is 13.1. The minimum absolute atomic E-state index is 0.111. The zero-order valence-corrected chi connectivity index (χ0v) is 11.9. The highest BCUT2D eigenvalue weighted by molar-refractivity contribution is 5.76. The maximum atomic E-state index is 13.1. The zero-order chi connectivity index (χ0) is 15.8. The van der Waals surface area contributed by atoms with Crippen molar-refractivity contribution in [3.63, 3.8) is 0 Å². The van der Waals surface area contributed by atoms with Gasteiger partial charge in [0.15, 0.2) is 5.41 Å². The Hall–Kier alpha value is -1.57. The zero-order valence-electron chi connectivity index (χ0n) is 11.9. The molecule has 118 valence electrons. The van der Waals surface area contributed by atoms with Crippen molar-refractivity contribution in [1.82, 2.24) is 14.7 Å². The first-order chi connectivity index (χ1) is 9.69. The minimum atomic E-state index is -4.74. The Balaban J connectivity index is 2.16. The lowest BCUT2D eigenvalue weighted by molar-refractivity contribution is -0.227. The first-order valence-corrected chi connectivity index (χ1v) is 6.75. The minimum Gasteiger partial charge on any atom is -0.481 e. The van der Waals surface area contributed by atoms with Gasteiger partial charge in [-0.15, -0.1) is 0 Å². The molecule has 2 rings (SSSR count). The van der Waals surface area contributed by atoms with Crippen LogP contribution in [0.25, 0.3) is 0 Å². The quantitative estimate of drug-likeness (QED) is 0.925. The Kier molecular flexibility index (Phi) is 4.01. The van der Waals surface area contributed by atoms with E-state index in [0.29, 0.717) is 6.54 Å². The molecule has 2 heterocycles. The Labute approximate surface area is 120 Å². The van der Waals surface area contributed by atoms with Crippen LogP contribution in [0.3, 0.4) is 0 Å². The van der Waals surface area contributed by atoms with E-state index in [1.165, 1.54) is 4.90 Å². The van der Waals surface area contributed by atoms with Crippen molar-refractivity contribution in [2.24, 2.45) is 5.41 Å². The van der Waals surface area contributed by atoms with Gasteiger partial charge in [0.05, 0.1) is 11.4 Å². The molecule has 0 spiro atoms. The summed E-state index contributed by atoms with van der Waals surface area (Å²) in [5, 5.41) is 13.3. The molecule has 0 aliphatic carbocycles. The molecule has 1 saturated heterocycles. The molecular weight excluding hydrogens is 287 g/mol. The molecule has 8 heteroatoms. The van der Waals surface area contributed by atoms with Gasteiger partial charge in [-0.3, -0.25) is 14.4 Å². The summed E-state index contributed by atoms with van der Waals surface area (Å²) in [5.74, 6) is -1.79. The standard InChI is InChI=1S/C13H18F3N3O2/c1-3-19-10(6-9(2)17-19)7-18-5-4-12(8-18,11(20)21)13(14,15)16/h6H,3-5,7-8H2,1-2H3,(H,20,21). The van der Waals surface area contributed by atoms with Crippen molar-refractivity contribution < 1.29 is 23.1 Å². The third-order valence-corrected chi connectivity index (χ3v) is 3.97. The van der Waals surface area contributed by atoms with Crippen molar-refractivity contribution in [1.29, 1.82) is 0 Å². The van der Waals surface area contributed by atoms with Crippen molar-refractivity contribution in [3.8, 4) is 0 Å². The summed E-state index contributed by atoms with van der Waals surface area (Å²) in [7, 11) is 0. The summed E-state index contributed by atoms with van der Waals surface area (Å²) in [5.41, 5.74) is -1.05. The number of carbonyl (C=O) groups is 1. The second-order valence-corrected chi connectivity index (χ2v) is 5.44. The van der Waals surface area contributed by atoms with Crippen LogP contribution in [-0.2, 0) is 17.9 Å². The summed E-state index contributed by atoms with van der Waals surface area (Å²) in [4.78, 5) is 12.7. The molecule has 1 aliphatic heterocycles. The largest absolute Gasteiger partial charge is 0.481 e. The van der Waals surface area contributed by atoms with E-state index >= 15 is 0 Å². The fraction of sp³-hybridized carbons (Fsp3) is 0.692. The molecule has 1 unspecified atom stereocenters. The number of carboxylic acid groups (broad SMARTS) is 1. The normalized spacial score (nSPS) is 23.7. The Bertz CT molecular complexity index is 541. The van der Waals surface area contributed by atoms with E-state index in [0.717, 1.165) is 11.4 Å². The van der Waals surface area contributed by atoms with Crippen molar-refractivity contribution in [3.05, 3.63) is 17.5 Å². The molecule has 0 aromatic carbocycles. The lowest BCUT2D eigenvalue weighted by Crippen LogP contribution is -2.47. The molecule has 0 saturated carbocycles. The van der Waals surface area contributed by atoms with Crippen molar-refractivity contribution in [2.45, 2.75) is 39.5 Å². The van der Waals surface area contributed by atoms with Crippen LogP contribution in [0.1, 0.15) is 24.7 Å². The number of aliphatic carboxylic acids is 1. The molecule has 0 radical (unpaired) electrons. The average molecular weight is 305 g/mol. The van der Waals surface area contributed by atoms with Gasteiger partial charge in [-0.1, -0.05) is 0 Å². The van der Waals surface area contributed by atoms with Crippen LogP contribution in [0.4, 0.5) is 13.2 Å². The number of aromatic nitrogens is 2. The molecule has 0 amide bonds. The van der Waals surface area contributed by atoms with Crippen LogP contribution in [0.15, 0.2) is 6.07 Å². The van der Waals surface area contributed by atoms with Crippen molar-refractivity contribution >= 4 is 5.97 Å². The number of rotatable bonds is 4. The molecule has 5 nitrogen and oxygen atoms in total. The summed E-state index contributed by atoms with van der Waals surface area (Å²) in [6.45, 7) is 4.22. The molecular formula is C13H18F3N3O2.